The number of benzene rings is 1. The van der Waals surface area contributed by atoms with E-state index in [0.29, 0.717) is 21.8 Å². The summed E-state index contributed by atoms with van der Waals surface area (Å²) in [5.41, 5.74) is 2.62. The number of hydrogen-bond donors (Lipinski definition) is 1. The maximum Gasteiger partial charge on any atom is 0.346 e. The molecule has 1 aromatic carbocycles. The number of amides is 1. The number of carbonyl (C=O) groups is 2. The van der Waals surface area contributed by atoms with E-state index in [9.17, 15) is 9.59 Å². The first-order valence-electron chi connectivity index (χ1n) is 5.97. The summed E-state index contributed by atoms with van der Waals surface area (Å²) in [5.74, 6) is -1.14. The molecule has 3 rings (SSSR count). The minimum Gasteiger partial charge on any atom is -0.477 e. The van der Waals surface area contributed by atoms with Crippen molar-refractivity contribution < 1.29 is 14.7 Å². The Morgan fingerprint density at radius 2 is 1.95 bits per heavy atom. The lowest BCUT2D eigenvalue weighted by molar-refractivity contribution is 0.0701. The van der Waals surface area contributed by atoms with E-state index in [1.807, 2.05) is 12.1 Å². The van der Waals surface area contributed by atoms with Crippen molar-refractivity contribution in [3.63, 3.8) is 0 Å². The zero-order valence-corrected chi connectivity index (χ0v) is 11.5. The van der Waals surface area contributed by atoms with Crippen LogP contribution in [0.4, 0.5) is 5.00 Å². The molecule has 0 saturated carbocycles. The molecule has 0 radical (unpaired) electrons. The number of aromatic carboxylic acids is 1. The van der Waals surface area contributed by atoms with E-state index < -0.39 is 5.97 Å². The lowest BCUT2D eigenvalue weighted by atomic mass is 10.1. The van der Waals surface area contributed by atoms with Crippen molar-refractivity contribution in [3.05, 3.63) is 58.5 Å². The highest BCUT2D eigenvalue weighted by atomic mass is 32.1. The second-order valence-corrected chi connectivity index (χ2v) is 5.57. The van der Waals surface area contributed by atoms with E-state index in [2.05, 4.69) is 6.58 Å². The van der Waals surface area contributed by atoms with Gasteiger partial charge in [-0.2, -0.15) is 0 Å². The van der Waals surface area contributed by atoms with Gasteiger partial charge in [0.2, 0.25) is 0 Å². The fourth-order valence-electron chi connectivity index (χ4n) is 2.31. The lowest BCUT2D eigenvalue weighted by Gasteiger charge is -2.14. The van der Waals surface area contributed by atoms with Gasteiger partial charge in [-0.05, 0) is 24.6 Å². The monoisotopic (exact) mass is 285 g/mol. The van der Waals surface area contributed by atoms with Gasteiger partial charge in [0.25, 0.3) is 5.91 Å². The van der Waals surface area contributed by atoms with Gasteiger partial charge in [0.05, 0.1) is 5.70 Å². The molecule has 0 saturated heterocycles. The average Bonchev–Trinajstić information content (AvgIpc) is 2.90. The van der Waals surface area contributed by atoms with Crippen molar-refractivity contribution in [1.82, 2.24) is 0 Å². The van der Waals surface area contributed by atoms with E-state index in [-0.39, 0.29) is 10.8 Å². The Morgan fingerprint density at radius 1 is 1.30 bits per heavy atom. The molecule has 1 aliphatic rings. The van der Waals surface area contributed by atoms with Crippen LogP contribution < -0.4 is 4.90 Å². The Labute approximate surface area is 119 Å². The molecule has 0 atom stereocenters. The second kappa shape index (κ2) is 4.31. The number of carbonyl (C=O) groups excluding carboxylic acids is 1. The van der Waals surface area contributed by atoms with Gasteiger partial charge < -0.3 is 5.11 Å². The predicted molar refractivity (Wildman–Crippen MR) is 78.3 cm³/mol. The summed E-state index contributed by atoms with van der Waals surface area (Å²) in [6.45, 7) is 5.67. The first kappa shape index (κ1) is 12.6. The van der Waals surface area contributed by atoms with Gasteiger partial charge in [-0.15, -0.1) is 11.3 Å². The van der Waals surface area contributed by atoms with Gasteiger partial charge >= 0.3 is 5.97 Å². The number of carboxylic acid groups (broad SMARTS) is 1. The molecule has 0 spiro atoms. The average molecular weight is 285 g/mol. The Hall–Kier alpha value is -2.40. The van der Waals surface area contributed by atoms with Crippen molar-refractivity contribution in [2.45, 2.75) is 6.92 Å². The number of carboxylic acids is 1. The summed E-state index contributed by atoms with van der Waals surface area (Å²) >= 11 is 1.09. The SMILES string of the molecule is C=C1c2ccccc2C(=O)N1c1cc(C)c(C(=O)O)s1. The molecule has 100 valence electrons. The molecule has 0 fully saturated rings. The summed E-state index contributed by atoms with van der Waals surface area (Å²) < 4.78 is 0. The van der Waals surface area contributed by atoms with Gasteiger partial charge in [-0.3, -0.25) is 9.69 Å². The quantitative estimate of drug-likeness (QED) is 0.920. The molecule has 1 aliphatic heterocycles. The first-order chi connectivity index (χ1) is 9.50. The van der Waals surface area contributed by atoms with Crippen molar-refractivity contribution in [1.29, 1.82) is 0 Å². The molecule has 1 amide bonds. The number of nitrogens with zero attached hydrogens (tertiary/aromatic N) is 1. The fourth-order valence-corrected chi connectivity index (χ4v) is 3.34. The highest BCUT2D eigenvalue weighted by Gasteiger charge is 2.33. The van der Waals surface area contributed by atoms with Crippen LogP contribution in [0.5, 0.6) is 0 Å². The number of aryl methyl sites for hydroxylation is 1. The lowest BCUT2D eigenvalue weighted by Crippen LogP contribution is -2.20. The molecule has 20 heavy (non-hydrogen) atoms. The topological polar surface area (TPSA) is 57.6 Å². The third kappa shape index (κ3) is 1.67. The predicted octanol–water partition coefficient (Wildman–Crippen LogP) is 3.39. The van der Waals surface area contributed by atoms with Crippen molar-refractivity contribution in [3.8, 4) is 0 Å². The van der Waals surface area contributed by atoms with Gasteiger partial charge in [-0.1, -0.05) is 24.8 Å². The molecule has 0 bridgehead atoms. The molecular formula is C15H11NO3S. The standard InChI is InChI=1S/C15H11NO3S/c1-8-7-12(20-13(8)15(18)19)16-9(2)10-5-3-4-6-11(10)14(16)17/h3-7H,2H2,1H3,(H,18,19). The third-order valence-electron chi connectivity index (χ3n) is 3.26. The molecular weight excluding hydrogens is 274 g/mol. The van der Waals surface area contributed by atoms with E-state index in [1.54, 1.807) is 25.1 Å². The Morgan fingerprint density at radius 3 is 2.50 bits per heavy atom. The van der Waals surface area contributed by atoms with Crippen LogP contribution in [-0.4, -0.2) is 17.0 Å². The normalized spacial score (nSPS) is 13.8. The first-order valence-corrected chi connectivity index (χ1v) is 6.79. The van der Waals surface area contributed by atoms with Crippen LogP contribution in [0.25, 0.3) is 5.70 Å². The zero-order chi connectivity index (χ0) is 14.4. The van der Waals surface area contributed by atoms with Crippen LogP contribution in [0.2, 0.25) is 0 Å². The number of hydrogen-bond acceptors (Lipinski definition) is 3. The van der Waals surface area contributed by atoms with E-state index >= 15 is 0 Å². The number of anilines is 1. The Bertz CT molecular complexity index is 725. The van der Waals surface area contributed by atoms with Crippen molar-refractivity contribution in [2.24, 2.45) is 0 Å². The summed E-state index contributed by atoms with van der Waals surface area (Å²) in [6, 6.07) is 8.96. The van der Waals surface area contributed by atoms with Crippen LogP contribution in [0.3, 0.4) is 0 Å². The van der Waals surface area contributed by atoms with Crippen molar-refractivity contribution in [2.75, 3.05) is 4.90 Å². The zero-order valence-electron chi connectivity index (χ0n) is 10.7. The molecule has 1 N–H and O–H groups in total. The highest BCUT2D eigenvalue weighted by molar-refractivity contribution is 7.18. The summed E-state index contributed by atoms with van der Waals surface area (Å²) in [5, 5.41) is 9.70. The van der Waals surface area contributed by atoms with E-state index in [4.69, 9.17) is 5.11 Å². The largest absolute Gasteiger partial charge is 0.477 e. The van der Waals surface area contributed by atoms with Crippen LogP contribution in [0, 0.1) is 6.92 Å². The molecule has 2 heterocycles. The maximum absolute atomic E-state index is 12.4. The number of thiophene rings is 1. The minimum atomic E-state index is -0.978. The van der Waals surface area contributed by atoms with E-state index in [1.165, 1.54) is 4.90 Å². The van der Waals surface area contributed by atoms with Crippen LogP contribution in [0.1, 0.15) is 31.2 Å². The van der Waals surface area contributed by atoms with Crippen LogP contribution >= 0.6 is 11.3 Å². The smallest absolute Gasteiger partial charge is 0.346 e. The summed E-state index contributed by atoms with van der Waals surface area (Å²) in [6.07, 6.45) is 0. The van der Waals surface area contributed by atoms with Crippen LogP contribution in [0.15, 0.2) is 36.9 Å². The highest BCUT2D eigenvalue weighted by Crippen LogP contribution is 2.40. The van der Waals surface area contributed by atoms with Gasteiger partial charge in [0.15, 0.2) is 0 Å². The number of rotatable bonds is 2. The summed E-state index contributed by atoms with van der Waals surface area (Å²) in [7, 11) is 0. The molecule has 2 aromatic rings. The Balaban J connectivity index is 2.09. The summed E-state index contributed by atoms with van der Waals surface area (Å²) in [4.78, 5) is 25.3. The molecule has 4 nitrogen and oxygen atoms in total. The molecule has 5 heteroatoms. The van der Waals surface area contributed by atoms with Gasteiger partial charge in [0, 0.05) is 11.1 Å². The number of fused-ring (bicyclic) bond motifs is 1. The van der Waals surface area contributed by atoms with E-state index in [0.717, 1.165) is 16.9 Å². The Kier molecular flexibility index (Phi) is 2.72. The fraction of sp³-hybridized carbons (Fsp3) is 0.0667. The van der Waals surface area contributed by atoms with Crippen molar-refractivity contribution >= 4 is 33.9 Å². The van der Waals surface area contributed by atoms with Gasteiger partial charge in [-0.25, -0.2) is 4.79 Å². The molecule has 0 aliphatic carbocycles. The maximum atomic E-state index is 12.4. The van der Waals surface area contributed by atoms with Gasteiger partial charge in [0.1, 0.15) is 9.88 Å². The minimum absolute atomic E-state index is 0.163. The third-order valence-corrected chi connectivity index (χ3v) is 4.47. The molecule has 1 aromatic heterocycles. The van der Waals surface area contributed by atoms with Crippen LogP contribution in [-0.2, 0) is 0 Å². The second-order valence-electron chi connectivity index (χ2n) is 4.53. The molecule has 0 unspecified atom stereocenters.